The highest BCUT2D eigenvalue weighted by Crippen LogP contribution is 2.23. The van der Waals surface area contributed by atoms with E-state index in [-0.39, 0.29) is 4.90 Å². The zero-order valence-electron chi connectivity index (χ0n) is 19.9. The van der Waals surface area contributed by atoms with E-state index in [9.17, 15) is 8.42 Å². The van der Waals surface area contributed by atoms with Gasteiger partial charge < -0.3 is 10.6 Å². The number of fused-ring (bicyclic) bond motifs is 1. The summed E-state index contributed by atoms with van der Waals surface area (Å²) in [5.41, 5.74) is 7.67. The van der Waals surface area contributed by atoms with Crippen molar-refractivity contribution >= 4 is 26.6 Å². The van der Waals surface area contributed by atoms with Gasteiger partial charge in [0, 0.05) is 11.1 Å². The molecule has 0 aromatic heterocycles. The van der Waals surface area contributed by atoms with Crippen molar-refractivity contribution in [3.63, 3.8) is 0 Å². The van der Waals surface area contributed by atoms with E-state index in [1.165, 1.54) is 75.6 Å². The van der Waals surface area contributed by atoms with Crippen LogP contribution in [0.5, 0.6) is 0 Å². The summed E-state index contributed by atoms with van der Waals surface area (Å²) in [6.45, 7) is 1.24. The monoisotopic (exact) mass is 470 g/mol. The molecule has 33 heavy (non-hydrogen) atoms. The number of hydrogen-bond acceptors (Lipinski definition) is 4. The number of nitrogens with zero attached hydrogens (tertiary/aromatic N) is 1. The van der Waals surface area contributed by atoms with Gasteiger partial charge in [-0.3, -0.25) is 4.55 Å². The molecule has 0 spiro atoms. The van der Waals surface area contributed by atoms with Crippen LogP contribution in [0.3, 0.4) is 0 Å². The Hall–Kier alpha value is -2.41. The quantitative estimate of drug-likeness (QED) is 0.198. The lowest BCUT2D eigenvalue weighted by Crippen LogP contribution is -2.12. The van der Waals surface area contributed by atoms with Gasteiger partial charge in [-0.2, -0.15) is 8.42 Å². The molecule has 0 aliphatic rings. The topological polar surface area (TPSA) is 83.6 Å². The molecule has 0 bridgehead atoms. The lowest BCUT2D eigenvalue weighted by Gasteiger charge is -2.08. The summed E-state index contributed by atoms with van der Waals surface area (Å²) in [5, 5.41) is 1.45. The van der Waals surface area contributed by atoms with Crippen LogP contribution in [-0.2, 0) is 16.5 Å². The maximum Gasteiger partial charge on any atom is 0.294 e. The Bertz CT molecular complexity index is 1070. The first-order valence-electron chi connectivity index (χ1n) is 11.7. The zero-order chi connectivity index (χ0) is 24.1. The third-order valence-electron chi connectivity index (χ3n) is 5.60. The number of nitrogen functional groups attached to an aromatic ring is 1. The maximum absolute atomic E-state index is 10.9. The van der Waals surface area contributed by atoms with Crippen LogP contribution < -0.4 is 5.73 Å². The van der Waals surface area contributed by atoms with Gasteiger partial charge in [0.25, 0.3) is 10.1 Å². The van der Waals surface area contributed by atoms with E-state index in [2.05, 4.69) is 49.3 Å². The molecule has 180 valence electrons. The predicted octanol–water partition coefficient (Wildman–Crippen LogP) is 6.19. The fourth-order valence-corrected chi connectivity index (χ4v) is 4.23. The van der Waals surface area contributed by atoms with Gasteiger partial charge >= 0.3 is 0 Å². The summed E-state index contributed by atoms with van der Waals surface area (Å²) in [7, 11) is 0.146. The molecule has 0 amide bonds. The van der Waals surface area contributed by atoms with Gasteiger partial charge in [0.1, 0.15) is 0 Å². The molecule has 3 rings (SSSR count). The molecule has 3 aromatic carbocycles. The molecular formula is C27H38N2O3S. The smallest absolute Gasteiger partial charge is 0.294 e. The summed E-state index contributed by atoms with van der Waals surface area (Å²) in [5.74, 6) is 0. The van der Waals surface area contributed by atoms with Crippen LogP contribution in [0, 0.1) is 0 Å². The summed E-state index contributed by atoms with van der Waals surface area (Å²) in [6.07, 6.45) is 11.0. The molecule has 0 aliphatic carbocycles. The normalized spacial score (nSPS) is 11.4. The van der Waals surface area contributed by atoms with Crippen molar-refractivity contribution in [2.24, 2.45) is 0 Å². The van der Waals surface area contributed by atoms with Crippen molar-refractivity contribution in [3.8, 4) is 0 Å². The summed E-state index contributed by atoms with van der Waals surface area (Å²) < 4.78 is 30.7. The minimum Gasteiger partial charge on any atom is -0.398 e. The van der Waals surface area contributed by atoms with Gasteiger partial charge in [-0.1, -0.05) is 80.6 Å². The first kappa shape index (κ1) is 26.8. The molecule has 0 heterocycles. The van der Waals surface area contributed by atoms with E-state index < -0.39 is 10.1 Å². The Morgan fingerprint density at radius 3 is 2.06 bits per heavy atom. The van der Waals surface area contributed by atoms with Crippen LogP contribution in [0.2, 0.25) is 0 Å². The molecule has 0 aliphatic heterocycles. The predicted molar refractivity (Wildman–Crippen MR) is 139 cm³/mol. The SMILES string of the molecule is CN(C)CCCCCCCCCc1ccccc1.Nc1cccc2ccc(S(=O)(=O)O)cc12. The first-order valence-corrected chi connectivity index (χ1v) is 13.2. The van der Waals surface area contributed by atoms with Crippen LogP contribution in [0.4, 0.5) is 5.69 Å². The van der Waals surface area contributed by atoms with E-state index in [1.54, 1.807) is 18.2 Å². The van der Waals surface area contributed by atoms with Crippen LogP contribution >= 0.6 is 0 Å². The molecule has 0 fully saturated rings. The van der Waals surface area contributed by atoms with Crippen molar-refractivity contribution < 1.29 is 13.0 Å². The molecule has 6 heteroatoms. The Balaban J connectivity index is 0.000000237. The minimum atomic E-state index is -4.17. The summed E-state index contributed by atoms with van der Waals surface area (Å²) in [6, 6.07) is 20.4. The average Bonchev–Trinajstić information content (AvgIpc) is 2.78. The molecule has 0 atom stereocenters. The third-order valence-corrected chi connectivity index (χ3v) is 6.45. The number of rotatable bonds is 11. The Kier molecular flexibility index (Phi) is 11.4. The number of hydrogen-bond donors (Lipinski definition) is 2. The Morgan fingerprint density at radius 1 is 0.788 bits per heavy atom. The van der Waals surface area contributed by atoms with Crippen molar-refractivity contribution in [3.05, 3.63) is 72.3 Å². The highest BCUT2D eigenvalue weighted by atomic mass is 32.2. The fraction of sp³-hybridized carbons (Fsp3) is 0.407. The van der Waals surface area contributed by atoms with Crippen molar-refractivity contribution in [1.29, 1.82) is 0 Å². The first-order chi connectivity index (χ1) is 15.8. The highest BCUT2D eigenvalue weighted by Gasteiger charge is 2.10. The van der Waals surface area contributed by atoms with Crippen LogP contribution in [0.25, 0.3) is 10.8 Å². The molecule has 0 saturated carbocycles. The van der Waals surface area contributed by atoms with E-state index >= 15 is 0 Å². The zero-order valence-corrected chi connectivity index (χ0v) is 20.7. The second kappa shape index (κ2) is 14.0. The van der Waals surface area contributed by atoms with Gasteiger partial charge in [-0.05, 0) is 69.1 Å². The molecule has 3 aromatic rings. The van der Waals surface area contributed by atoms with Gasteiger partial charge in [0.05, 0.1) is 4.90 Å². The lowest BCUT2D eigenvalue weighted by atomic mass is 10.0. The van der Waals surface area contributed by atoms with E-state index in [1.807, 2.05) is 6.07 Å². The van der Waals surface area contributed by atoms with Crippen LogP contribution in [-0.4, -0.2) is 38.5 Å². The Labute approximate surface area is 199 Å². The van der Waals surface area contributed by atoms with Crippen LogP contribution in [0.1, 0.15) is 50.5 Å². The van der Waals surface area contributed by atoms with Crippen molar-refractivity contribution in [2.45, 2.75) is 56.3 Å². The number of aryl methyl sites for hydroxylation is 1. The van der Waals surface area contributed by atoms with Crippen LogP contribution in [0.15, 0.2) is 71.6 Å². The van der Waals surface area contributed by atoms with Gasteiger partial charge in [0.15, 0.2) is 0 Å². The molecule has 3 N–H and O–H groups in total. The molecular weight excluding hydrogens is 432 g/mol. The summed E-state index contributed by atoms with van der Waals surface area (Å²) in [4.78, 5) is 2.13. The van der Waals surface area contributed by atoms with Gasteiger partial charge in [0.2, 0.25) is 0 Å². The molecule has 5 nitrogen and oxygen atoms in total. The molecule has 0 radical (unpaired) electrons. The number of nitrogens with two attached hydrogens (primary N) is 1. The number of benzene rings is 3. The largest absolute Gasteiger partial charge is 0.398 e. The standard InChI is InChI=1S/C17H29N.C10H9NO3S/c1-18(2)16-12-7-5-3-4-6-9-13-17-14-10-8-11-15-17;11-10-3-1-2-7-4-5-8(6-9(7)10)15(12,13)14/h8,10-11,14-15H,3-7,9,12-13,16H2,1-2H3;1-6H,11H2,(H,12,13,14). The highest BCUT2D eigenvalue weighted by molar-refractivity contribution is 7.85. The second-order valence-electron chi connectivity index (χ2n) is 8.72. The van der Waals surface area contributed by atoms with Gasteiger partial charge in [-0.15, -0.1) is 0 Å². The molecule has 0 saturated heterocycles. The number of anilines is 1. The van der Waals surface area contributed by atoms with E-state index in [4.69, 9.17) is 10.3 Å². The van der Waals surface area contributed by atoms with Gasteiger partial charge in [-0.25, -0.2) is 0 Å². The van der Waals surface area contributed by atoms with Crippen molar-refractivity contribution in [2.75, 3.05) is 26.4 Å². The number of unbranched alkanes of at least 4 members (excludes halogenated alkanes) is 6. The van der Waals surface area contributed by atoms with Crippen molar-refractivity contribution in [1.82, 2.24) is 4.90 Å². The molecule has 0 unspecified atom stereocenters. The lowest BCUT2D eigenvalue weighted by molar-refractivity contribution is 0.389. The minimum absolute atomic E-state index is 0.145. The van der Waals surface area contributed by atoms with E-state index in [0.29, 0.717) is 11.1 Å². The maximum atomic E-state index is 10.9. The summed E-state index contributed by atoms with van der Waals surface area (Å²) >= 11 is 0. The average molecular weight is 471 g/mol. The fourth-order valence-electron chi connectivity index (χ4n) is 3.72. The second-order valence-corrected chi connectivity index (χ2v) is 10.1. The third kappa shape index (κ3) is 10.4. The Morgan fingerprint density at radius 2 is 1.42 bits per heavy atom. The van der Waals surface area contributed by atoms with E-state index in [0.717, 1.165) is 5.39 Å².